The predicted molar refractivity (Wildman–Crippen MR) is 114 cm³/mol. The molecule has 3 aromatic rings. The number of rotatable bonds is 6. The van der Waals surface area contributed by atoms with E-state index in [1.165, 1.54) is 0 Å². The second-order valence-corrected chi connectivity index (χ2v) is 7.38. The Morgan fingerprint density at radius 1 is 0.900 bits per heavy atom. The molecule has 5 nitrogen and oxygen atoms in total. The molecule has 154 valence electrons. The molecule has 30 heavy (non-hydrogen) atoms. The van der Waals surface area contributed by atoms with E-state index in [4.69, 9.17) is 14.2 Å². The number of aliphatic hydroxyl groups is 1. The molecule has 3 aromatic carbocycles. The van der Waals surface area contributed by atoms with Gasteiger partial charge in [-0.25, -0.2) is 0 Å². The molecule has 0 spiro atoms. The number of carbonyl (C=O) groups excluding carboxylic acids is 1. The first-order valence-corrected chi connectivity index (χ1v) is 9.82. The highest BCUT2D eigenvalue weighted by Crippen LogP contribution is 2.41. The van der Waals surface area contributed by atoms with Gasteiger partial charge < -0.3 is 19.3 Å². The zero-order valence-corrected chi connectivity index (χ0v) is 17.3. The molecular formula is C25H24O5. The fraction of sp³-hybridized carbons (Fsp3) is 0.240. The van der Waals surface area contributed by atoms with Crippen molar-refractivity contribution in [1.82, 2.24) is 0 Å². The Morgan fingerprint density at radius 3 is 2.33 bits per heavy atom. The second kappa shape index (κ2) is 8.20. The zero-order chi connectivity index (χ0) is 21.3. The summed E-state index contributed by atoms with van der Waals surface area (Å²) in [6, 6.07) is 17.0. The second-order valence-electron chi connectivity index (χ2n) is 7.38. The minimum Gasteiger partial charge on any atom is -0.497 e. The lowest BCUT2D eigenvalue weighted by molar-refractivity contribution is 0.0991. The van der Waals surface area contributed by atoms with Crippen molar-refractivity contribution in [1.29, 1.82) is 0 Å². The van der Waals surface area contributed by atoms with Crippen LogP contribution in [0.15, 0.2) is 54.6 Å². The molecule has 0 fully saturated rings. The van der Waals surface area contributed by atoms with Gasteiger partial charge in [0.15, 0.2) is 17.3 Å². The summed E-state index contributed by atoms with van der Waals surface area (Å²) in [6.45, 7) is 2.07. The monoisotopic (exact) mass is 404 g/mol. The molecule has 0 radical (unpaired) electrons. The van der Waals surface area contributed by atoms with Gasteiger partial charge in [-0.3, -0.25) is 4.79 Å². The summed E-state index contributed by atoms with van der Waals surface area (Å²) in [4.78, 5) is 12.8. The van der Waals surface area contributed by atoms with Crippen LogP contribution in [0.1, 0.15) is 40.1 Å². The van der Waals surface area contributed by atoms with Crippen LogP contribution in [0.25, 0.3) is 11.1 Å². The molecule has 0 aromatic heterocycles. The van der Waals surface area contributed by atoms with Crippen LogP contribution in [0.5, 0.6) is 17.2 Å². The topological polar surface area (TPSA) is 65.0 Å². The highest BCUT2D eigenvalue weighted by molar-refractivity contribution is 6.07. The molecule has 0 amide bonds. The maximum absolute atomic E-state index is 12.8. The quantitative estimate of drug-likeness (QED) is 0.643. The molecule has 0 heterocycles. The third-order valence-corrected chi connectivity index (χ3v) is 5.41. The Bertz CT molecular complexity index is 1080. The zero-order valence-electron chi connectivity index (χ0n) is 17.3. The van der Waals surface area contributed by atoms with Crippen LogP contribution in [0, 0.1) is 0 Å². The van der Waals surface area contributed by atoms with Crippen molar-refractivity contribution in [2.45, 2.75) is 26.1 Å². The largest absolute Gasteiger partial charge is 0.497 e. The summed E-state index contributed by atoms with van der Waals surface area (Å²) in [5.74, 6) is 2.04. The Hall–Kier alpha value is -3.31. The first-order valence-electron chi connectivity index (χ1n) is 9.82. The Labute approximate surface area is 175 Å². The summed E-state index contributed by atoms with van der Waals surface area (Å²) in [5, 5.41) is 9.85. The molecule has 1 unspecified atom stereocenters. The van der Waals surface area contributed by atoms with Crippen molar-refractivity contribution in [3.63, 3.8) is 0 Å². The van der Waals surface area contributed by atoms with Gasteiger partial charge in [-0.05, 0) is 65.1 Å². The van der Waals surface area contributed by atoms with Crippen molar-refractivity contribution in [2.24, 2.45) is 0 Å². The van der Waals surface area contributed by atoms with E-state index in [2.05, 4.69) is 0 Å². The number of hydrogen-bond donors (Lipinski definition) is 1. The highest BCUT2D eigenvalue weighted by Gasteiger charge is 2.25. The van der Waals surface area contributed by atoms with E-state index in [-0.39, 0.29) is 12.2 Å². The summed E-state index contributed by atoms with van der Waals surface area (Å²) < 4.78 is 16.8. The van der Waals surface area contributed by atoms with Gasteiger partial charge in [-0.2, -0.15) is 0 Å². The van der Waals surface area contributed by atoms with E-state index in [0.717, 1.165) is 33.6 Å². The number of methoxy groups -OCH3 is 2. The molecule has 0 aliphatic heterocycles. The van der Waals surface area contributed by atoms with Crippen molar-refractivity contribution in [2.75, 3.05) is 14.2 Å². The average Bonchev–Trinajstić information content (AvgIpc) is 2.77. The smallest absolute Gasteiger partial charge is 0.167 e. The molecule has 5 heteroatoms. The van der Waals surface area contributed by atoms with Crippen LogP contribution in [0.4, 0.5) is 0 Å². The van der Waals surface area contributed by atoms with Gasteiger partial charge in [0.2, 0.25) is 0 Å². The summed E-state index contributed by atoms with van der Waals surface area (Å²) in [5.41, 5.74) is 5.08. The molecule has 0 bridgehead atoms. The van der Waals surface area contributed by atoms with Gasteiger partial charge in [-0.15, -0.1) is 0 Å². The number of benzene rings is 3. The first-order chi connectivity index (χ1) is 14.5. The molecule has 1 atom stereocenters. The standard InChI is InChI=1S/C25H24O5/c1-15(26)17-6-9-20-21-13-24(29-3)25(12-18(21)11-23(27)22(20)10-17)30-14-16-4-7-19(28-2)8-5-16/h4-10,12-13,15,26H,11,14H2,1-3H3. The van der Waals surface area contributed by atoms with E-state index < -0.39 is 6.10 Å². The third-order valence-electron chi connectivity index (χ3n) is 5.41. The number of ketones is 1. The minimum atomic E-state index is -0.618. The minimum absolute atomic E-state index is 0.0336. The van der Waals surface area contributed by atoms with Crippen molar-refractivity contribution in [3.05, 3.63) is 76.9 Å². The van der Waals surface area contributed by atoms with Gasteiger partial charge in [0.1, 0.15) is 12.4 Å². The highest BCUT2D eigenvalue weighted by atomic mass is 16.5. The maximum Gasteiger partial charge on any atom is 0.167 e. The van der Waals surface area contributed by atoms with Crippen molar-refractivity contribution in [3.8, 4) is 28.4 Å². The lowest BCUT2D eigenvalue weighted by Crippen LogP contribution is -2.14. The Morgan fingerprint density at radius 2 is 1.67 bits per heavy atom. The van der Waals surface area contributed by atoms with E-state index in [0.29, 0.717) is 23.7 Å². The number of carbonyl (C=O) groups is 1. The molecule has 4 rings (SSSR count). The molecule has 0 saturated heterocycles. The van der Waals surface area contributed by atoms with Crippen molar-refractivity contribution >= 4 is 5.78 Å². The van der Waals surface area contributed by atoms with Gasteiger partial charge in [-0.1, -0.05) is 24.3 Å². The Kier molecular flexibility index (Phi) is 5.46. The number of aliphatic hydroxyl groups excluding tert-OH is 1. The fourth-order valence-corrected chi connectivity index (χ4v) is 3.71. The van der Waals surface area contributed by atoms with Crippen LogP contribution in [-0.2, 0) is 13.0 Å². The van der Waals surface area contributed by atoms with Crippen LogP contribution in [0.2, 0.25) is 0 Å². The molecule has 1 N–H and O–H groups in total. The molecule has 1 aliphatic carbocycles. The third kappa shape index (κ3) is 3.76. The first kappa shape index (κ1) is 20.0. The fourth-order valence-electron chi connectivity index (χ4n) is 3.71. The van der Waals surface area contributed by atoms with Crippen LogP contribution < -0.4 is 14.2 Å². The predicted octanol–water partition coefficient (Wildman–Crippen LogP) is 4.74. The van der Waals surface area contributed by atoms with Gasteiger partial charge in [0.05, 0.1) is 20.3 Å². The molecular weight excluding hydrogens is 380 g/mol. The van der Waals surface area contributed by atoms with E-state index >= 15 is 0 Å². The van der Waals surface area contributed by atoms with Crippen LogP contribution >= 0.6 is 0 Å². The molecule has 0 saturated carbocycles. The van der Waals surface area contributed by atoms with Gasteiger partial charge >= 0.3 is 0 Å². The average molecular weight is 404 g/mol. The van der Waals surface area contributed by atoms with Gasteiger partial charge in [0.25, 0.3) is 0 Å². The SMILES string of the molecule is COc1ccc(COc2cc3c(cc2OC)-c2ccc(C(C)O)cc2C(=O)C3)cc1. The van der Waals surface area contributed by atoms with Crippen LogP contribution in [0.3, 0.4) is 0 Å². The van der Waals surface area contributed by atoms with E-state index in [9.17, 15) is 9.90 Å². The lowest BCUT2D eigenvalue weighted by atomic mass is 9.83. The number of fused-ring (bicyclic) bond motifs is 3. The summed E-state index contributed by atoms with van der Waals surface area (Å²) >= 11 is 0. The number of hydrogen-bond acceptors (Lipinski definition) is 5. The van der Waals surface area contributed by atoms with Crippen LogP contribution in [-0.4, -0.2) is 25.1 Å². The maximum atomic E-state index is 12.8. The van der Waals surface area contributed by atoms with Gasteiger partial charge in [0, 0.05) is 12.0 Å². The summed E-state index contributed by atoms with van der Waals surface area (Å²) in [7, 11) is 3.24. The normalized spacial score (nSPS) is 13.3. The lowest BCUT2D eigenvalue weighted by Gasteiger charge is -2.22. The number of Topliss-reactive ketones (excluding diaryl/α,β-unsaturated/α-hetero) is 1. The van der Waals surface area contributed by atoms with E-state index in [1.807, 2.05) is 48.5 Å². The van der Waals surface area contributed by atoms with Crippen molar-refractivity contribution < 1.29 is 24.1 Å². The molecule has 1 aliphatic rings. The number of ether oxygens (including phenoxy) is 3. The summed E-state index contributed by atoms with van der Waals surface area (Å²) in [6.07, 6.45) is -0.332. The van der Waals surface area contributed by atoms with E-state index in [1.54, 1.807) is 27.2 Å². The Balaban J connectivity index is 1.66.